The Balaban J connectivity index is 1.38. The number of carbonyl (C=O) groups excluding carboxylic acids is 1. The fourth-order valence-corrected chi connectivity index (χ4v) is 3.53. The summed E-state index contributed by atoms with van der Waals surface area (Å²) in [6, 6.07) is 15.1. The summed E-state index contributed by atoms with van der Waals surface area (Å²) < 4.78 is 12.3. The third-order valence-corrected chi connectivity index (χ3v) is 5.19. The topological polar surface area (TPSA) is 85.6 Å². The first-order valence-electron chi connectivity index (χ1n) is 9.76. The van der Waals surface area contributed by atoms with Crippen molar-refractivity contribution in [2.45, 2.75) is 6.54 Å². The molecule has 0 saturated carbocycles. The molecule has 2 heterocycles. The maximum absolute atomic E-state index is 12.9. The molecule has 3 aromatic rings. The highest BCUT2D eigenvalue weighted by Crippen LogP contribution is 2.28. The number of carbonyl (C=O) groups is 1. The van der Waals surface area contributed by atoms with E-state index in [9.17, 15) is 4.79 Å². The molecule has 0 spiro atoms. The second-order valence-corrected chi connectivity index (χ2v) is 6.98. The Labute approximate surface area is 174 Å². The zero-order valence-corrected chi connectivity index (χ0v) is 17.1. The number of hydrogen-bond donors (Lipinski definition) is 0. The summed E-state index contributed by atoms with van der Waals surface area (Å²) in [5, 5.41) is 12.1. The molecule has 0 aliphatic carbocycles. The van der Waals surface area contributed by atoms with E-state index in [2.05, 4.69) is 20.4 Å². The highest BCUT2D eigenvalue weighted by Gasteiger charge is 2.24. The number of piperazine rings is 1. The van der Waals surface area contributed by atoms with Gasteiger partial charge in [0.15, 0.2) is 17.3 Å². The molecule has 0 N–H and O–H groups in total. The second kappa shape index (κ2) is 8.91. The monoisotopic (exact) mass is 408 g/mol. The predicted molar refractivity (Wildman–Crippen MR) is 110 cm³/mol. The van der Waals surface area contributed by atoms with Crippen molar-refractivity contribution < 1.29 is 14.3 Å². The number of ether oxygens (including phenoxy) is 2. The van der Waals surface area contributed by atoms with E-state index in [1.807, 2.05) is 35.2 Å². The van der Waals surface area contributed by atoms with Gasteiger partial charge in [0.2, 0.25) is 0 Å². The van der Waals surface area contributed by atoms with Crippen molar-refractivity contribution in [1.82, 2.24) is 30.0 Å². The van der Waals surface area contributed by atoms with Gasteiger partial charge in [-0.2, -0.15) is 4.68 Å². The summed E-state index contributed by atoms with van der Waals surface area (Å²) in [5.74, 6) is 1.93. The number of aromatic nitrogens is 4. The summed E-state index contributed by atoms with van der Waals surface area (Å²) in [6.07, 6.45) is 0. The molecule has 1 aliphatic rings. The molecule has 1 amide bonds. The molecule has 0 radical (unpaired) electrons. The van der Waals surface area contributed by atoms with Crippen LogP contribution in [0.15, 0.2) is 48.5 Å². The quantitative estimate of drug-likeness (QED) is 0.613. The summed E-state index contributed by atoms with van der Waals surface area (Å²) in [4.78, 5) is 17.0. The standard InChI is InChI=1S/C21H24N6O3/c1-29-18-9-8-16(14-19(18)30-2)21(28)26-12-10-25(11-13-26)15-20-22-23-24-27(20)17-6-4-3-5-7-17/h3-9,14H,10-13,15H2,1-2H3. The van der Waals surface area contributed by atoms with Gasteiger partial charge in [0, 0.05) is 31.7 Å². The third-order valence-electron chi connectivity index (χ3n) is 5.19. The summed E-state index contributed by atoms with van der Waals surface area (Å²) in [7, 11) is 3.14. The van der Waals surface area contributed by atoms with Gasteiger partial charge in [-0.1, -0.05) is 18.2 Å². The van der Waals surface area contributed by atoms with Gasteiger partial charge in [-0.3, -0.25) is 9.69 Å². The van der Waals surface area contributed by atoms with E-state index in [0.29, 0.717) is 36.7 Å². The number of nitrogens with zero attached hydrogens (tertiary/aromatic N) is 6. The number of amides is 1. The van der Waals surface area contributed by atoms with Crippen molar-refractivity contribution >= 4 is 5.91 Å². The Bertz CT molecular complexity index is 999. The molecular weight excluding hydrogens is 384 g/mol. The van der Waals surface area contributed by atoms with Gasteiger partial charge in [-0.05, 0) is 40.8 Å². The molecule has 2 aromatic carbocycles. The maximum Gasteiger partial charge on any atom is 0.254 e. The molecule has 30 heavy (non-hydrogen) atoms. The van der Waals surface area contributed by atoms with Gasteiger partial charge in [0.25, 0.3) is 5.91 Å². The second-order valence-electron chi connectivity index (χ2n) is 6.98. The lowest BCUT2D eigenvalue weighted by atomic mass is 10.1. The minimum Gasteiger partial charge on any atom is -0.493 e. The van der Waals surface area contributed by atoms with Gasteiger partial charge in [0.05, 0.1) is 26.5 Å². The average Bonchev–Trinajstić information content (AvgIpc) is 3.27. The van der Waals surface area contributed by atoms with Gasteiger partial charge < -0.3 is 14.4 Å². The molecule has 9 heteroatoms. The SMILES string of the molecule is COc1ccc(C(=O)N2CCN(Cc3nnnn3-c3ccccc3)CC2)cc1OC. The molecule has 1 fully saturated rings. The highest BCUT2D eigenvalue weighted by molar-refractivity contribution is 5.95. The van der Waals surface area contributed by atoms with Crippen LogP contribution in [0.1, 0.15) is 16.2 Å². The Morgan fingerprint density at radius 1 is 0.967 bits per heavy atom. The van der Waals surface area contributed by atoms with Crippen molar-refractivity contribution in [3.63, 3.8) is 0 Å². The number of para-hydroxylation sites is 1. The van der Waals surface area contributed by atoms with Crippen molar-refractivity contribution in [3.05, 3.63) is 59.9 Å². The molecule has 1 aliphatic heterocycles. The fourth-order valence-electron chi connectivity index (χ4n) is 3.53. The van der Waals surface area contributed by atoms with E-state index in [1.165, 1.54) is 0 Å². The first-order chi connectivity index (χ1) is 14.7. The van der Waals surface area contributed by atoms with E-state index >= 15 is 0 Å². The van der Waals surface area contributed by atoms with Crippen LogP contribution in [-0.2, 0) is 6.54 Å². The van der Waals surface area contributed by atoms with Gasteiger partial charge in [-0.15, -0.1) is 5.10 Å². The normalized spacial score (nSPS) is 14.5. The van der Waals surface area contributed by atoms with Crippen LogP contribution in [0.4, 0.5) is 0 Å². The molecule has 1 saturated heterocycles. The van der Waals surface area contributed by atoms with Crippen LogP contribution < -0.4 is 9.47 Å². The highest BCUT2D eigenvalue weighted by atomic mass is 16.5. The van der Waals surface area contributed by atoms with Crippen LogP contribution in [0.3, 0.4) is 0 Å². The minimum atomic E-state index is -0.00952. The van der Waals surface area contributed by atoms with Crippen LogP contribution in [0.25, 0.3) is 5.69 Å². The summed E-state index contributed by atoms with van der Waals surface area (Å²) in [5.41, 5.74) is 1.52. The van der Waals surface area contributed by atoms with Crippen LogP contribution in [0, 0.1) is 0 Å². The van der Waals surface area contributed by atoms with E-state index in [4.69, 9.17) is 9.47 Å². The summed E-state index contributed by atoms with van der Waals surface area (Å²) in [6.45, 7) is 3.40. The Morgan fingerprint density at radius 3 is 2.40 bits per heavy atom. The van der Waals surface area contributed by atoms with Crippen LogP contribution in [0.5, 0.6) is 11.5 Å². The number of tetrazole rings is 1. The van der Waals surface area contributed by atoms with Crippen LogP contribution in [-0.4, -0.2) is 76.3 Å². The lowest BCUT2D eigenvalue weighted by molar-refractivity contribution is 0.0624. The van der Waals surface area contributed by atoms with E-state index < -0.39 is 0 Å². The Morgan fingerprint density at radius 2 is 1.70 bits per heavy atom. The molecular formula is C21H24N6O3. The fraction of sp³-hybridized carbons (Fsp3) is 0.333. The average molecular weight is 408 g/mol. The smallest absolute Gasteiger partial charge is 0.254 e. The number of methoxy groups -OCH3 is 2. The van der Waals surface area contributed by atoms with Crippen LogP contribution >= 0.6 is 0 Å². The number of rotatable bonds is 6. The van der Waals surface area contributed by atoms with Crippen molar-refractivity contribution in [2.75, 3.05) is 40.4 Å². The molecule has 1 aromatic heterocycles. The van der Waals surface area contributed by atoms with E-state index in [1.54, 1.807) is 37.1 Å². The van der Waals surface area contributed by atoms with Crippen molar-refractivity contribution in [3.8, 4) is 17.2 Å². The van der Waals surface area contributed by atoms with Gasteiger partial charge in [-0.25, -0.2) is 0 Å². The zero-order chi connectivity index (χ0) is 20.9. The van der Waals surface area contributed by atoms with Gasteiger partial charge >= 0.3 is 0 Å². The van der Waals surface area contributed by atoms with Gasteiger partial charge in [0.1, 0.15) is 0 Å². The summed E-state index contributed by atoms with van der Waals surface area (Å²) >= 11 is 0. The molecule has 0 atom stereocenters. The first kappa shape index (κ1) is 19.8. The minimum absolute atomic E-state index is 0.00952. The lowest BCUT2D eigenvalue weighted by Gasteiger charge is -2.34. The zero-order valence-electron chi connectivity index (χ0n) is 17.1. The van der Waals surface area contributed by atoms with E-state index in [-0.39, 0.29) is 5.91 Å². The molecule has 0 unspecified atom stereocenters. The first-order valence-corrected chi connectivity index (χ1v) is 9.76. The van der Waals surface area contributed by atoms with Crippen molar-refractivity contribution in [1.29, 1.82) is 0 Å². The number of benzene rings is 2. The molecule has 156 valence electrons. The Kier molecular flexibility index (Phi) is 5.89. The lowest BCUT2D eigenvalue weighted by Crippen LogP contribution is -2.48. The molecule has 4 rings (SSSR count). The molecule has 9 nitrogen and oxygen atoms in total. The van der Waals surface area contributed by atoms with E-state index in [0.717, 1.165) is 24.6 Å². The third kappa shape index (κ3) is 4.11. The number of hydrogen-bond acceptors (Lipinski definition) is 7. The Hall–Kier alpha value is -3.46. The largest absolute Gasteiger partial charge is 0.493 e. The van der Waals surface area contributed by atoms with Crippen molar-refractivity contribution in [2.24, 2.45) is 0 Å². The van der Waals surface area contributed by atoms with Crippen LogP contribution in [0.2, 0.25) is 0 Å². The predicted octanol–water partition coefficient (Wildman–Crippen LogP) is 1.64. The molecule has 0 bridgehead atoms. The maximum atomic E-state index is 12.9.